The third-order valence-corrected chi connectivity index (χ3v) is 4.07. The summed E-state index contributed by atoms with van der Waals surface area (Å²) in [6.45, 7) is 0. The van der Waals surface area contributed by atoms with Crippen LogP contribution in [0.15, 0.2) is 48.8 Å². The van der Waals surface area contributed by atoms with Gasteiger partial charge in [-0.1, -0.05) is 18.2 Å². The normalized spacial score (nSPS) is 23.5. The summed E-state index contributed by atoms with van der Waals surface area (Å²) in [6, 6.07) is 9.10. The van der Waals surface area contributed by atoms with Crippen molar-refractivity contribution in [3.05, 3.63) is 54.4 Å². The lowest BCUT2D eigenvalue weighted by molar-refractivity contribution is -0.117. The highest BCUT2D eigenvalue weighted by atomic mass is 16.5. The highest BCUT2D eigenvalue weighted by Gasteiger charge is 2.36. The molecule has 1 aliphatic rings. The van der Waals surface area contributed by atoms with E-state index >= 15 is 0 Å². The highest BCUT2D eigenvalue weighted by molar-refractivity contribution is 5.91. The molecule has 6 nitrogen and oxygen atoms in total. The first-order chi connectivity index (χ1) is 11.6. The molecule has 0 aliphatic heterocycles. The van der Waals surface area contributed by atoms with Gasteiger partial charge in [0, 0.05) is 24.9 Å². The van der Waals surface area contributed by atoms with E-state index in [-0.39, 0.29) is 18.1 Å². The molecule has 24 heavy (non-hydrogen) atoms. The summed E-state index contributed by atoms with van der Waals surface area (Å²) in [5.41, 5.74) is 0.852. The Kier molecular flexibility index (Phi) is 4.96. The van der Waals surface area contributed by atoms with Crippen molar-refractivity contribution in [1.29, 1.82) is 0 Å². The van der Waals surface area contributed by atoms with Gasteiger partial charge in [-0.25, -0.2) is 0 Å². The molecule has 1 aromatic heterocycles. The molecule has 0 unspecified atom stereocenters. The molecule has 1 aliphatic carbocycles. The summed E-state index contributed by atoms with van der Waals surface area (Å²) < 4.78 is 7.47. The van der Waals surface area contributed by atoms with Gasteiger partial charge in [-0.05, 0) is 31.1 Å². The van der Waals surface area contributed by atoms with E-state index in [1.807, 2.05) is 43.6 Å². The van der Waals surface area contributed by atoms with Crippen LogP contribution in [0.25, 0.3) is 6.08 Å². The van der Waals surface area contributed by atoms with Crippen LogP contribution in [0.1, 0.15) is 18.4 Å². The van der Waals surface area contributed by atoms with Gasteiger partial charge < -0.3 is 15.2 Å². The number of ether oxygens (including phenoxy) is 1. The van der Waals surface area contributed by atoms with E-state index in [1.165, 1.54) is 6.08 Å². The first-order valence-corrected chi connectivity index (χ1v) is 7.99. The summed E-state index contributed by atoms with van der Waals surface area (Å²) in [6.07, 6.45) is 7.01. The Balaban J connectivity index is 1.52. The number of aryl methyl sites for hydroxylation is 1. The number of carbonyl (C=O) groups is 1. The van der Waals surface area contributed by atoms with Crippen molar-refractivity contribution in [3.63, 3.8) is 0 Å². The second kappa shape index (κ2) is 7.31. The maximum Gasteiger partial charge on any atom is 0.244 e. The van der Waals surface area contributed by atoms with Gasteiger partial charge in [-0.2, -0.15) is 5.10 Å². The van der Waals surface area contributed by atoms with Crippen LogP contribution in [0.5, 0.6) is 5.75 Å². The molecule has 3 rings (SSSR count). The minimum atomic E-state index is -0.721. The molecule has 0 spiro atoms. The Morgan fingerprint density at radius 3 is 2.88 bits per heavy atom. The van der Waals surface area contributed by atoms with E-state index in [2.05, 4.69) is 10.4 Å². The van der Waals surface area contributed by atoms with Crippen molar-refractivity contribution in [1.82, 2.24) is 15.1 Å². The van der Waals surface area contributed by atoms with Gasteiger partial charge >= 0.3 is 0 Å². The predicted octanol–water partition coefficient (Wildman–Crippen LogP) is 1.52. The smallest absolute Gasteiger partial charge is 0.244 e. The first kappa shape index (κ1) is 16.3. The van der Waals surface area contributed by atoms with Crippen LogP contribution in [0.3, 0.4) is 0 Å². The van der Waals surface area contributed by atoms with Gasteiger partial charge in [0.05, 0.1) is 12.2 Å². The van der Waals surface area contributed by atoms with Crippen molar-refractivity contribution >= 4 is 12.0 Å². The topological polar surface area (TPSA) is 76.4 Å². The first-order valence-electron chi connectivity index (χ1n) is 7.99. The molecule has 0 bridgehead atoms. The zero-order valence-electron chi connectivity index (χ0n) is 13.5. The monoisotopic (exact) mass is 327 g/mol. The van der Waals surface area contributed by atoms with Gasteiger partial charge in [-0.3, -0.25) is 9.48 Å². The second-order valence-electron chi connectivity index (χ2n) is 5.93. The maximum atomic E-state index is 12.0. The molecule has 1 fully saturated rings. The largest absolute Gasteiger partial charge is 0.488 e. The minimum Gasteiger partial charge on any atom is -0.488 e. The molecular weight excluding hydrogens is 306 g/mol. The van der Waals surface area contributed by atoms with Crippen LogP contribution in [0, 0.1) is 0 Å². The van der Waals surface area contributed by atoms with E-state index in [1.54, 1.807) is 17.0 Å². The number of amides is 1. The molecule has 126 valence electrons. The Morgan fingerprint density at radius 1 is 1.38 bits per heavy atom. The number of aromatic nitrogens is 2. The SMILES string of the molecule is Cn1cc(/C=C/C(=O)N[C@@H]2CC[C@@H](Oc3ccccc3)[C@@H]2O)cn1. The zero-order valence-corrected chi connectivity index (χ0v) is 13.5. The van der Waals surface area contributed by atoms with Crippen LogP contribution in [0.2, 0.25) is 0 Å². The van der Waals surface area contributed by atoms with Crippen molar-refractivity contribution in [3.8, 4) is 5.75 Å². The van der Waals surface area contributed by atoms with Gasteiger partial charge in [0.1, 0.15) is 18.0 Å². The number of nitrogens with one attached hydrogen (secondary N) is 1. The van der Waals surface area contributed by atoms with Crippen LogP contribution in [-0.4, -0.2) is 39.0 Å². The summed E-state index contributed by atoms with van der Waals surface area (Å²) in [4.78, 5) is 12.0. The van der Waals surface area contributed by atoms with E-state index in [4.69, 9.17) is 4.74 Å². The van der Waals surface area contributed by atoms with Gasteiger partial charge in [0.2, 0.25) is 5.91 Å². The third-order valence-electron chi connectivity index (χ3n) is 4.07. The molecule has 1 aromatic carbocycles. The lowest BCUT2D eigenvalue weighted by atomic mass is 10.2. The number of aliphatic hydroxyl groups excluding tert-OH is 1. The van der Waals surface area contributed by atoms with Crippen LogP contribution in [0.4, 0.5) is 0 Å². The summed E-state index contributed by atoms with van der Waals surface area (Å²) in [7, 11) is 1.82. The van der Waals surface area contributed by atoms with E-state index in [0.29, 0.717) is 12.8 Å². The number of hydrogen-bond donors (Lipinski definition) is 2. The highest BCUT2D eigenvalue weighted by Crippen LogP contribution is 2.25. The fourth-order valence-electron chi connectivity index (χ4n) is 2.83. The molecule has 1 saturated carbocycles. The predicted molar refractivity (Wildman–Crippen MR) is 90.3 cm³/mol. The van der Waals surface area contributed by atoms with Crippen molar-refractivity contribution in [2.45, 2.75) is 31.1 Å². The lowest BCUT2D eigenvalue weighted by Gasteiger charge is -2.21. The lowest BCUT2D eigenvalue weighted by Crippen LogP contribution is -2.43. The third kappa shape index (κ3) is 4.02. The van der Waals surface area contributed by atoms with Gasteiger partial charge in [-0.15, -0.1) is 0 Å². The van der Waals surface area contributed by atoms with Crippen molar-refractivity contribution < 1.29 is 14.6 Å². The van der Waals surface area contributed by atoms with Crippen molar-refractivity contribution in [2.24, 2.45) is 7.05 Å². The number of rotatable bonds is 5. The number of nitrogens with zero attached hydrogens (tertiary/aromatic N) is 2. The Hall–Kier alpha value is -2.60. The number of para-hydroxylation sites is 1. The molecule has 0 saturated heterocycles. The number of carbonyl (C=O) groups excluding carboxylic acids is 1. The van der Waals surface area contributed by atoms with E-state index in [9.17, 15) is 9.90 Å². The molecule has 2 aromatic rings. The standard InChI is InChI=1S/C18H21N3O3/c1-21-12-13(11-19-21)7-10-17(22)20-15-8-9-16(18(15)23)24-14-5-3-2-4-6-14/h2-7,10-12,15-16,18,23H,8-9H2,1H3,(H,20,22)/b10-7+/t15-,16-,18-/m1/s1. The fraction of sp³-hybridized carbons (Fsp3) is 0.333. The fourth-order valence-corrected chi connectivity index (χ4v) is 2.83. The zero-order chi connectivity index (χ0) is 16.9. The molecule has 3 atom stereocenters. The number of aliphatic hydroxyl groups is 1. The van der Waals surface area contributed by atoms with Crippen molar-refractivity contribution in [2.75, 3.05) is 0 Å². The molecule has 0 radical (unpaired) electrons. The average molecular weight is 327 g/mol. The minimum absolute atomic E-state index is 0.233. The van der Waals surface area contributed by atoms with E-state index < -0.39 is 6.10 Å². The summed E-state index contributed by atoms with van der Waals surface area (Å²) in [5, 5.41) is 17.2. The maximum absolute atomic E-state index is 12.0. The second-order valence-corrected chi connectivity index (χ2v) is 5.93. The molecule has 1 amide bonds. The van der Waals surface area contributed by atoms with E-state index in [0.717, 1.165) is 11.3 Å². The van der Waals surface area contributed by atoms with Crippen LogP contribution in [-0.2, 0) is 11.8 Å². The Labute approximate surface area is 140 Å². The number of hydrogen-bond acceptors (Lipinski definition) is 4. The molecule has 1 heterocycles. The Bertz CT molecular complexity index is 711. The quantitative estimate of drug-likeness (QED) is 0.817. The summed E-state index contributed by atoms with van der Waals surface area (Å²) in [5.74, 6) is 0.494. The van der Waals surface area contributed by atoms with Gasteiger partial charge in [0.15, 0.2) is 0 Å². The molecule has 6 heteroatoms. The average Bonchev–Trinajstić information content (AvgIpc) is 3.14. The molecular formula is C18H21N3O3. The van der Waals surface area contributed by atoms with Gasteiger partial charge in [0.25, 0.3) is 0 Å². The molecule has 2 N–H and O–H groups in total. The van der Waals surface area contributed by atoms with Crippen LogP contribution >= 0.6 is 0 Å². The number of benzene rings is 1. The van der Waals surface area contributed by atoms with Crippen LogP contribution < -0.4 is 10.1 Å². The Morgan fingerprint density at radius 2 is 2.17 bits per heavy atom. The summed E-state index contributed by atoms with van der Waals surface area (Å²) >= 11 is 0.